The molecule has 0 amide bonds. The summed E-state index contributed by atoms with van der Waals surface area (Å²) in [4.78, 5) is 11.5. The molecule has 4 nitrogen and oxygen atoms in total. The van der Waals surface area contributed by atoms with Crippen LogP contribution in [0.5, 0.6) is 0 Å². The van der Waals surface area contributed by atoms with E-state index >= 15 is 0 Å². The molecular weight excluding hydrogens is 292 g/mol. The van der Waals surface area contributed by atoms with Crippen molar-refractivity contribution in [1.29, 1.82) is 0 Å². The normalized spacial score (nSPS) is 17.1. The largest absolute Gasteiger partial charge is 0.481 e. The highest BCUT2D eigenvalue weighted by molar-refractivity contribution is 5.80. The highest BCUT2D eigenvalue weighted by Crippen LogP contribution is 2.39. The number of hydrogen-bond donors (Lipinski definition) is 1. The van der Waals surface area contributed by atoms with Gasteiger partial charge in [0, 0.05) is 11.1 Å². The highest BCUT2D eigenvalue weighted by Gasteiger charge is 2.41. The Morgan fingerprint density at radius 3 is 2.22 bits per heavy atom. The monoisotopic (exact) mass is 312 g/mol. The molecule has 120 valence electrons. The second-order valence-electron chi connectivity index (χ2n) is 6.19. The molecule has 1 aliphatic heterocycles. The minimum absolute atomic E-state index is 0.501. The molecule has 1 aliphatic rings. The number of rotatable bonds is 4. The topological polar surface area (TPSA) is 55.8 Å². The second kappa shape index (κ2) is 5.80. The van der Waals surface area contributed by atoms with Crippen LogP contribution in [0.15, 0.2) is 54.6 Å². The Labute approximate surface area is 135 Å². The zero-order valence-corrected chi connectivity index (χ0v) is 13.3. The SMILES string of the molecule is CC(C)(C(=O)O)c1cccc(C2(c3ccccc3)OCCO2)c1. The molecule has 4 heteroatoms. The number of aliphatic carboxylic acids is 1. The summed E-state index contributed by atoms with van der Waals surface area (Å²) < 4.78 is 11.9. The Bertz CT molecular complexity index is 700. The average Bonchev–Trinajstić information content (AvgIpc) is 3.06. The summed E-state index contributed by atoms with van der Waals surface area (Å²) in [6.07, 6.45) is 0. The van der Waals surface area contributed by atoms with Gasteiger partial charge in [-0.05, 0) is 25.5 Å². The smallest absolute Gasteiger partial charge is 0.313 e. The van der Waals surface area contributed by atoms with E-state index in [1.165, 1.54) is 0 Å². The lowest BCUT2D eigenvalue weighted by atomic mass is 9.82. The third-order valence-corrected chi connectivity index (χ3v) is 4.35. The first-order valence-electron chi connectivity index (χ1n) is 7.65. The van der Waals surface area contributed by atoms with E-state index in [1.807, 2.05) is 54.6 Å². The molecule has 0 radical (unpaired) electrons. The summed E-state index contributed by atoms with van der Waals surface area (Å²) in [7, 11) is 0. The summed E-state index contributed by atoms with van der Waals surface area (Å²) >= 11 is 0. The van der Waals surface area contributed by atoms with E-state index in [4.69, 9.17) is 9.47 Å². The first-order valence-corrected chi connectivity index (χ1v) is 7.65. The van der Waals surface area contributed by atoms with Gasteiger partial charge >= 0.3 is 5.97 Å². The van der Waals surface area contributed by atoms with Gasteiger partial charge < -0.3 is 14.6 Å². The van der Waals surface area contributed by atoms with Crippen molar-refractivity contribution in [3.63, 3.8) is 0 Å². The van der Waals surface area contributed by atoms with Gasteiger partial charge in [-0.15, -0.1) is 0 Å². The molecule has 23 heavy (non-hydrogen) atoms. The van der Waals surface area contributed by atoms with Crippen molar-refractivity contribution in [3.05, 3.63) is 71.3 Å². The quantitative estimate of drug-likeness (QED) is 0.941. The van der Waals surface area contributed by atoms with Crippen LogP contribution >= 0.6 is 0 Å². The summed E-state index contributed by atoms with van der Waals surface area (Å²) in [5, 5.41) is 9.47. The lowest BCUT2D eigenvalue weighted by Gasteiger charge is -2.30. The molecule has 1 saturated heterocycles. The van der Waals surface area contributed by atoms with Crippen molar-refractivity contribution in [1.82, 2.24) is 0 Å². The van der Waals surface area contributed by atoms with E-state index < -0.39 is 17.2 Å². The zero-order valence-electron chi connectivity index (χ0n) is 13.3. The fourth-order valence-electron chi connectivity index (χ4n) is 2.81. The van der Waals surface area contributed by atoms with Gasteiger partial charge in [-0.25, -0.2) is 0 Å². The summed E-state index contributed by atoms with van der Waals surface area (Å²) in [6.45, 7) is 4.39. The van der Waals surface area contributed by atoms with Gasteiger partial charge in [0.15, 0.2) is 0 Å². The van der Waals surface area contributed by atoms with Gasteiger partial charge in [0.05, 0.1) is 18.6 Å². The maximum Gasteiger partial charge on any atom is 0.313 e. The van der Waals surface area contributed by atoms with Crippen LogP contribution in [0.2, 0.25) is 0 Å². The van der Waals surface area contributed by atoms with Crippen LogP contribution in [0.4, 0.5) is 0 Å². The van der Waals surface area contributed by atoms with Crippen LogP contribution in [0.1, 0.15) is 30.5 Å². The lowest BCUT2D eigenvalue weighted by Crippen LogP contribution is -2.31. The minimum atomic E-state index is -0.980. The number of carboxylic acid groups (broad SMARTS) is 1. The third kappa shape index (κ3) is 2.64. The number of hydrogen-bond acceptors (Lipinski definition) is 3. The third-order valence-electron chi connectivity index (χ3n) is 4.35. The second-order valence-corrected chi connectivity index (χ2v) is 6.19. The number of carbonyl (C=O) groups is 1. The van der Waals surface area contributed by atoms with Gasteiger partial charge in [-0.2, -0.15) is 0 Å². The van der Waals surface area contributed by atoms with Crippen molar-refractivity contribution in [2.45, 2.75) is 25.0 Å². The average molecular weight is 312 g/mol. The molecule has 3 rings (SSSR count). The van der Waals surface area contributed by atoms with E-state index in [2.05, 4.69) is 0 Å². The number of carboxylic acids is 1. The van der Waals surface area contributed by atoms with Crippen molar-refractivity contribution in [3.8, 4) is 0 Å². The molecule has 0 aromatic heterocycles. The van der Waals surface area contributed by atoms with Gasteiger partial charge in [-0.1, -0.05) is 48.5 Å². The Morgan fingerprint density at radius 1 is 1.00 bits per heavy atom. The van der Waals surface area contributed by atoms with Crippen LogP contribution in [0, 0.1) is 0 Å². The predicted octanol–water partition coefficient (Wildman–Crippen LogP) is 3.30. The Balaban J connectivity index is 2.11. The molecule has 1 fully saturated rings. The maximum atomic E-state index is 11.5. The van der Waals surface area contributed by atoms with Crippen molar-refractivity contribution < 1.29 is 19.4 Å². The fourth-order valence-corrected chi connectivity index (χ4v) is 2.81. The van der Waals surface area contributed by atoms with Crippen molar-refractivity contribution in [2.75, 3.05) is 13.2 Å². The van der Waals surface area contributed by atoms with E-state index in [0.29, 0.717) is 13.2 Å². The van der Waals surface area contributed by atoms with E-state index in [1.54, 1.807) is 13.8 Å². The first kappa shape index (κ1) is 15.7. The fraction of sp³-hybridized carbons (Fsp3) is 0.316. The van der Waals surface area contributed by atoms with E-state index in [0.717, 1.165) is 16.7 Å². The molecule has 2 aromatic rings. The minimum Gasteiger partial charge on any atom is -0.481 e. The summed E-state index contributed by atoms with van der Waals surface area (Å²) in [6, 6.07) is 17.2. The molecule has 1 N–H and O–H groups in total. The van der Waals surface area contributed by atoms with Crippen LogP contribution in [0.3, 0.4) is 0 Å². The van der Waals surface area contributed by atoms with Crippen LogP contribution in [-0.4, -0.2) is 24.3 Å². The van der Waals surface area contributed by atoms with E-state index in [-0.39, 0.29) is 0 Å². The lowest BCUT2D eigenvalue weighted by molar-refractivity contribution is -0.142. The van der Waals surface area contributed by atoms with Crippen molar-refractivity contribution >= 4 is 5.97 Å². The summed E-state index contributed by atoms with van der Waals surface area (Å²) in [5.41, 5.74) is 1.46. The first-order chi connectivity index (χ1) is 11.0. The molecule has 0 unspecified atom stereocenters. The Kier molecular flexibility index (Phi) is 3.96. The highest BCUT2D eigenvalue weighted by atomic mass is 16.7. The molecular formula is C19H20O4. The predicted molar refractivity (Wildman–Crippen MR) is 86.2 cm³/mol. The van der Waals surface area contributed by atoms with Gasteiger partial charge in [0.25, 0.3) is 0 Å². The van der Waals surface area contributed by atoms with Crippen LogP contribution < -0.4 is 0 Å². The van der Waals surface area contributed by atoms with Gasteiger partial charge in [0.1, 0.15) is 0 Å². The van der Waals surface area contributed by atoms with Crippen LogP contribution in [-0.2, 0) is 25.5 Å². The number of benzene rings is 2. The summed E-state index contributed by atoms with van der Waals surface area (Å²) in [5.74, 6) is -1.83. The molecule has 0 spiro atoms. The molecule has 0 bridgehead atoms. The molecule has 0 atom stereocenters. The Morgan fingerprint density at radius 2 is 1.61 bits per heavy atom. The maximum absolute atomic E-state index is 11.5. The van der Waals surface area contributed by atoms with E-state index in [9.17, 15) is 9.90 Å². The molecule has 0 saturated carbocycles. The Hall–Kier alpha value is -2.17. The van der Waals surface area contributed by atoms with Crippen molar-refractivity contribution in [2.24, 2.45) is 0 Å². The molecule has 0 aliphatic carbocycles. The molecule has 1 heterocycles. The molecule has 2 aromatic carbocycles. The standard InChI is InChI=1S/C19H20O4/c1-18(2,17(20)21)15-9-6-10-16(13-15)19(22-11-12-23-19)14-7-4-3-5-8-14/h3-10,13H,11-12H2,1-2H3,(H,20,21). The number of ether oxygens (including phenoxy) is 2. The van der Waals surface area contributed by atoms with Gasteiger partial charge in [-0.3, -0.25) is 4.79 Å². The zero-order chi connectivity index (χ0) is 16.5. The van der Waals surface area contributed by atoms with Crippen LogP contribution in [0.25, 0.3) is 0 Å². The van der Waals surface area contributed by atoms with Gasteiger partial charge in [0.2, 0.25) is 5.79 Å².